The second-order valence-corrected chi connectivity index (χ2v) is 5.33. The molecule has 0 fully saturated rings. The first kappa shape index (κ1) is 13.6. The van der Waals surface area contributed by atoms with Gasteiger partial charge < -0.3 is 4.98 Å². The van der Waals surface area contributed by atoms with Gasteiger partial charge in [-0.05, 0) is 30.9 Å². The molecule has 2 N–H and O–H groups in total. The van der Waals surface area contributed by atoms with Crippen LogP contribution in [0.15, 0.2) is 37.2 Å². The Morgan fingerprint density at radius 3 is 2.91 bits per heavy atom. The van der Waals surface area contributed by atoms with E-state index in [4.69, 9.17) is 0 Å². The molecule has 0 bridgehead atoms. The highest BCUT2D eigenvalue weighted by Crippen LogP contribution is 2.33. The van der Waals surface area contributed by atoms with E-state index in [9.17, 15) is 4.79 Å². The first-order valence-corrected chi connectivity index (χ1v) is 7.41. The molecule has 3 aromatic heterocycles. The van der Waals surface area contributed by atoms with Gasteiger partial charge in [-0.3, -0.25) is 10.1 Å². The van der Waals surface area contributed by atoms with Crippen LogP contribution in [0.4, 0.5) is 5.95 Å². The molecule has 0 saturated carbocycles. The van der Waals surface area contributed by atoms with Gasteiger partial charge in [-0.1, -0.05) is 0 Å². The summed E-state index contributed by atoms with van der Waals surface area (Å²) in [7, 11) is 0. The van der Waals surface area contributed by atoms with Gasteiger partial charge >= 0.3 is 0 Å². The van der Waals surface area contributed by atoms with Crippen LogP contribution in [-0.2, 0) is 12.8 Å². The molecule has 0 aliphatic heterocycles. The van der Waals surface area contributed by atoms with Gasteiger partial charge in [0.15, 0.2) is 0 Å². The molecule has 3 aromatic rings. The Hall–Kier alpha value is -3.09. The van der Waals surface area contributed by atoms with E-state index in [2.05, 4.69) is 30.2 Å². The number of hydrogen-bond donors (Lipinski definition) is 2. The Morgan fingerprint density at radius 1 is 1.17 bits per heavy atom. The van der Waals surface area contributed by atoms with Crippen LogP contribution in [0.1, 0.15) is 28.0 Å². The molecule has 0 aromatic carbocycles. The summed E-state index contributed by atoms with van der Waals surface area (Å²) in [6, 6.07) is 1.70. The van der Waals surface area contributed by atoms with Gasteiger partial charge in [0, 0.05) is 36.0 Å². The van der Waals surface area contributed by atoms with Crippen LogP contribution < -0.4 is 5.32 Å². The monoisotopic (exact) mass is 306 g/mol. The summed E-state index contributed by atoms with van der Waals surface area (Å²) >= 11 is 0. The molecule has 0 unspecified atom stereocenters. The fourth-order valence-corrected chi connectivity index (χ4v) is 2.87. The van der Waals surface area contributed by atoms with Crippen LogP contribution in [0.2, 0.25) is 0 Å². The maximum absolute atomic E-state index is 12.6. The van der Waals surface area contributed by atoms with E-state index in [-0.39, 0.29) is 11.9 Å². The molecule has 7 heteroatoms. The summed E-state index contributed by atoms with van der Waals surface area (Å²) in [6.07, 6.45) is 11.0. The molecular weight excluding hydrogens is 292 g/mol. The van der Waals surface area contributed by atoms with Gasteiger partial charge in [0.05, 0.1) is 11.3 Å². The number of nitrogens with one attached hydrogen (secondary N) is 2. The quantitative estimate of drug-likeness (QED) is 0.755. The predicted molar refractivity (Wildman–Crippen MR) is 83.8 cm³/mol. The summed E-state index contributed by atoms with van der Waals surface area (Å²) in [5, 5.41) is 2.72. The Balaban J connectivity index is 1.76. The Bertz CT molecular complexity index is 858. The number of anilines is 1. The van der Waals surface area contributed by atoms with Crippen LogP contribution in [0.25, 0.3) is 11.3 Å². The molecule has 1 amide bonds. The van der Waals surface area contributed by atoms with Crippen molar-refractivity contribution in [2.24, 2.45) is 0 Å². The first-order chi connectivity index (χ1) is 11.3. The van der Waals surface area contributed by atoms with Gasteiger partial charge in [0.2, 0.25) is 5.95 Å². The molecule has 0 radical (unpaired) electrons. The fourth-order valence-electron chi connectivity index (χ4n) is 2.87. The lowest BCUT2D eigenvalue weighted by Gasteiger charge is -2.07. The lowest BCUT2D eigenvalue weighted by Crippen LogP contribution is -2.14. The molecule has 23 heavy (non-hydrogen) atoms. The Morgan fingerprint density at radius 2 is 2.04 bits per heavy atom. The average Bonchev–Trinajstić information content (AvgIpc) is 2.92. The summed E-state index contributed by atoms with van der Waals surface area (Å²) in [5.41, 5.74) is 4.33. The topological polar surface area (TPSA) is 96.5 Å². The normalized spacial score (nSPS) is 12.9. The summed E-state index contributed by atoms with van der Waals surface area (Å²) < 4.78 is 0. The van der Waals surface area contributed by atoms with Crippen molar-refractivity contribution >= 4 is 11.9 Å². The third kappa shape index (κ3) is 2.46. The van der Waals surface area contributed by atoms with Gasteiger partial charge in [-0.15, -0.1) is 0 Å². The third-order valence-electron chi connectivity index (χ3n) is 3.90. The maximum Gasteiger partial charge on any atom is 0.260 e. The average molecular weight is 306 g/mol. The van der Waals surface area contributed by atoms with Crippen molar-refractivity contribution in [1.29, 1.82) is 0 Å². The smallest absolute Gasteiger partial charge is 0.260 e. The molecule has 114 valence electrons. The zero-order valence-electron chi connectivity index (χ0n) is 12.3. The largest absolute Gasteiger partial charge is 0.364 e. The zero-order chi connectivity index (χ0) is 15.6. The molecule has 7 nitrogen and oxygen atoms in total. The number of nitrogens with zero attached hydrogens (tertiary/aromatic N) is 4. The number of hydrogen-bond acceptors (Lipinski definition) is 5. The number of fused-ring (bicyclic) bond motifs is 3. The van der Waals surface area contributed by atoms with Crippen molar-refractivity contribution in [2.45, 2.75) is 19.3 Å². The summed E-state index contributed by atoms with van der Waals surface area (Å²) in [6.45, 7) is 0. The van der Waals surface area contributed by atoms with E-state index in [1.54, 1.807) is 24.7 Å². The van der Waals surface area contributed by atoms with Gasteiger partial charge in [-0.2, -0.15) is 0 Å². The molecule has 0 spiro atoms. The summed E-state index contributed by atoms with van der Waals surface area (Å²) in [5.74, 6) is 0.0316. The molecule has 1 aliphatic carbocycles. The van der Waals surface area contributed by atoms with E-state index < -0.39 is 0 Å². The van der Waals surface area contributed by atoms with Crippen LogP contribution in [0.5, 0.6) is 0 Å². The van der Waals surface area contributed by atoms with Crippen molar-refractivity contribution in [3.05, 3.63) is 54.0 Å². The minimum atomic E-state index is -0.250. The summed E-state index contributed by atoms with van der Waals surface area (Å²) in [4.78, 5) is 32.4. The lowest BCUT2D eigenvalue weighted by molar-refractivity contribution is 0.102. The SMILES string of the molecule is O=C(Nc1ncccn1)c1c[nH]c2c1-c1ncncc1CCC2. The lowest BCUT2D eigenvalue weighted by atomic mass is 10.0. The van der Waals surface area contributed by atoms with Crippen molar-refractivity contribution in [3.8, 4) is 11.3 Å². The van der Waals surface area contributed by atoms with E-state index in [0.29, 0.717) is 5.56 Å². The van der Waals surface area contributed by atoms with Crippen molar-refractivity contribution < 1.29 is 4.79 Å². The zero-order valence-corrected chi connectivity index (χ0v) is 12.3. The van der Waals surface area contributed by atoms with Gasteiger partial charge in [-0.25, -0.2) is 19.9 Å². The number of carbonyl (C=O) groups excluding carboxylic acids is 1. The number of aryl methyl sites for hydroxylation is 2. The second kappa shape index (κ2) is 5.60. The third-order valence-corrected chi connectivity index (χ3v) is 3.90. The van der Waals surface area contributed by atoms with E-state index in [1.807, 2.05) is 6.20 Å². The highest BCUT2D eigenvalue weighted by atomic mass is 16.1. The molecular formula is C16H14N6O. The number of aromatic nitrogens is 5. The minimum absolute atomic E-state index is 0.250. The standard InChI is InChI=1S/C16H14N6O/c23-15(22-16-18-5-2-6-19-16)11-8-20-12-4-1-3-10-7-17-9-21-14(10)13(11)12/h2,5-9,20H,1,3-4H2,(H,18,19,22,23). The van der Waals surface area contributed by atoms with E-state index in [1.165, 1.54) is 6.33 Å². The molecule has 1 aliphatic rings. The number of H-pyrrole nitrogens is 1. The molecule has 0 atom stereocenters. The number of aromatic amines is 1. The van der Waals surface area contributed by atoms with E-state index >= 15 is 0 Å². The first-order valence-electron chi connectivity index (χ1n) is 7.41. The van der Waals surface area contributed by atoms with Crippen LogP contribution in [0.3, 0.4) is 0 Å². The minimum Gasteiger partial charge on any atom is -0.364 e. The number of rotatable bonds is 2. The van der Waals surface area contributed by atoms with Crippen LogP contribution >= 0.6 is 0 Å². The van der Waals surface area contributed by atoms with Gasteiger partial charge in [0.25, 0.3) is 5.91 Å². The molecule has 4 rings (SSSR count). The van der Waals surface area contributed by atoms with E-state index in [0.717, 1.165) is 41.8 Å². The fraction of sp³-hybridized carbons (Fsp3) is 0.188. The molecule has 0 saturated heterocycles. The van der Waals surface area contributed by atoms with Crippen molar-refractivity contribution in [2.75, 3.05) is 5.32 Å². The van der Waals surface area contributed by atoms with Crippen LogP contribution in [0, 0.1) is 0 Å². The highest BCUT2D eigenvalue weighted by Gasteiger charge is 2.24. The van der Waals surface area contributed by atoms with Crippen molar-refractivity contribution in [1.82, 2.24) is 24.9 Å². The Labute approximate surface area is 132 Å². The highest BCUT2D eigenvalue weighted by molar-refractivity contribution is 6.08. The maximum atomic E-state index is 12.6. The van der Waals surface area contributed by atoms with Gasteiger partial charge in [0.1, 0.15) is 6.33 Å². The van der Waals surface area contributed by atoms with Crippen molar-refractivity contribution in [3.63, 3.8) is 0 Å². The van der Waals surface area contributed by atoms with Crippen LogP contribution in [-0.4, -0.2) is 30.8 Å². The predicted octanol–water partition coefficient (Wildman–Crippen LogP) is 2.00. The number of amides is 1. The number of carbonyl (C=O) groups is 1. The molecule has 3 heterocycles. The second-order valence-electron chi connectivity index (χ2n) is 5.33. The Kier molecular flexibility index (Phi) is 3.30.